The summed E-state index contributed by atoms with van der Waals surface area (Å²) in [6.07, 6.45) is -0.106. The molecule has 0 bridgehead atoms. The van der Waals surface area contributed by atoms with E-state index in [1.807, 2.05) is 0 Å². The van der Waals surface area contributed by atoms with E-state index in [9.17, 15) is 18.0 Å². The van der Waals surface area contributed by atoms with Crippen LogP contribution >= 0.6 is 31.9 Å². The Morgan fingerprint density at radius 2 is 1.67 bits per heavy atom. The van der Waals surface area contributed by atoms with Crippen LogP contribution in [0.25, 0.3) is 0 Å². The number of rotatable bonds is 7. The van der Waals surface area contributed by atoms with E-state index in [1.165, 1.54) is 19.2 Å². The highest BCUT2D eigenvalue weighted by atomic mass is 79.9. The number of benzene rings is 2. The maximum atomic E-state index is 12.5. The number of esters is 1. The van der Waals surface area contributed by atoms with Gasteiger partial charge in [0.25, 0.3) is 5.91 Å². The molecular weight excluding hydrogens is 502 g/mol. The normalized spacial score (nSPS) is 12.3. The average Bonchev–Trinajstić information content (AvgIpc) is 2.64. The number of methoxy groups -OCH3 is 1. The standard InChI is InChI=1S/C18H17Br2NO5S/c1-26-18(23)16(7-8-27(24,25)15-5-3-2-4-6-15)21-17(22)12-9-13(19)11-14(20)10-12/h2-6,9-11,16H,7-8H2,1H3,(H,21,22)/t16-/m0/s1. The Bertz CT molecular complexity index is 912. The molecule has 2 rings (SSSR count). The maximum absolute atomic E-state index is 12.5. The molecule has 2 aromatic carbocycles. The minimum absolute atomic E-state index is 0.106. The lowest BCUT2D eigenvalue weighted by Gasteiger charge is -2.17. The third kappa shape index (κ3) is 6.15. The summed E-state index contributed by atoms with van der Waals surface area (Å²) in [5, 5.41) is 2.54. The van der Waals surface area contributed by atoms with Gasteiger partial charge in [-0.05, 0) is 36.8 Å². The molecule has 0 unspecified atom stereocenters. The number of hydrogen-bond acceptors (Lipinski definition) is 5. The zero-order valence-corrected chi connectivity index (χ0v) is 18.3. The van der Waals surface area contributed by atoms with Crippen molar-refractivity contribution in [1.29, 1.82) is 0 Å². The summed E-state index contributed by atoms with van der Waals surface area (Å²) in [6, 6.07) is 11.8. The summed E-state index contributed by atoms with van der Waals surface area (Å²) in [5.41, 5.74) is 0.316. The van der Waals surface area contributed by atoms with Crippen molar-refractivity contribution in [3.05, 3.63) is 63.0 Å². The second-order valence-corrected chi connectivity index (χ2v) is 9.57. The Balaban J connectivity index is 2.14. The summed E-state index contributed by atoms with van der Waals surface area (Å²) in [6.45, 7) is 0. The minimum atomic E-state index is -3.59. The van der Waals surface area contributed by atoms with E-state index in [2.05, 4.69) is 37.2 Å². The molecule has 0 aliphatic heterocycles. The molecule has 144 valence electrons. The fourth-order valence-electron chi connectivity index (χ4n) is 2.34. The molecule has 2 aromatic rings. The highest BCUT2D eigenvalue weighted by molar-refractivity contribution is 9.11. The van der Waals surface area contributed by atoms with Crippen molar-refractivity contribution in [1.82, 2.24) is 5.32 Å². The molecule has 0 spiro atoms. The molecule has 0 aromatic heterocycles. The minimum Gasteiger partial charge on any atom is -0.467 e. The summed E-state index contributed by atoms with van der Waals surface area (Å²) in [4.78, 5) is 24.6. The van der Waals surface area contributed by atoms with Crippen molar-refractivity contribution >= 4 is 53.6 Å². The molecule has 1 atom stereocenters. The van der Waals surface area contributed by atoms with Crippen molar-refractivity contribution in [2.75, 3.05) is 12.9 Å². The molecule has 1 N–H and O–H groups in total. The van der Waals surface area contributed by atoms with Gasteiger partial charge in [-0.3, -0.25) is 4.79 Å². The van der Waals surface area contributed by atoms with Gasteiger partial charge in [0.15, 0.2) is 9.84 Å². The van der Waals surface area contributed by atoms with Crippen molar-refractivity contribution in [3.8, 4) is 0 Å². The van der Waals surface area contributed by atoms with Crippen LogP contribution in [0.2, 0.25) is 0 Å². The highest BCUT2D eigenvalue weighted by Gasteiger charge is 2.25. The van der Waals surface area contributed by atoms with E-state index in [0.717, 1.165) is 0 Å². The van der Waals surface area contributed by atoms with Gasteiger partial charge >= 0.3 is 5.97 Å². The molecule has 0 saturated carbocycles. The number of carbonyl (C=O) groups excluding carboxylic acids is 2. The Labute approximate surface area is 174 Å². The third-order valence-corrected chi connectivity index (χ3v) is 6.37. The van der Waals surface area contributed by atoms with Gasteiger partial charge in [0.2, 0.25) is 0 Å². The van der Waals surface area contributed by atoms with Gasteiger partial charge in [0, 0.05) is 14.5 Å². The van der Waals surface area contributed by atoms with Crippen LogP contribution in [0.5, 0.6) is 0 Å². The Morgan fingerprint density at radius 1 is 1.07 bits per heavy atom. The number of nitrogens with one attached hydrogen (secondary N) is 1. The van der Waals surface area contributed by atoms with Gasteiger partial charge in [-0.15, -0.1) is 0 Å². The third-order valence-electron chi connectivity index (χ3n) is 3.69. The molecule has 1 amide bonds. The fraction of sp³-hybridized carbons (Fsp3) is 0.222. The molecule has 6 nitrogen and oxygen atoms in total. The van der Waals surface area contributed by atoms with E-state index < -0.39 is 27.8 Å². The molecule has 9 heteroatoms. The van der Waals surface area contributed by atoms with Crippen LogP contribution < -0.4 is 5.32 Å². The zero-order chi connectivity index (χ0) is 20.0. The fourth-order valence-corrected chi connectivity index (χ4v) is 4.98. The molecule has 0 heterocycles. The van der Waals surface area contributed by atoms with Gasteiger partial charge in [-0.25, -0.2) is 13.2 Å². The van der Waals surface area contributed by atoms with E-state index >= 15 is 0 Å². The molecular formula is C18H17Br2NO5S. The smallest absolute Gasteiger partial charge is 0.328 e. The van der Waals surface area contributed by atoms with Crippen LogP contribution in [-0.4, -0.2) is 39.2 Å². The van der Waals surface area contributed by atoms with Crippen molar-refractivity contribution in [2.24, 2.45) is 0 Å². The largest absolute Gasteiger partial charge is 0.467 e. The second kappa shape index (κ2) is 9.48. The monoisotopic (exact) mass is 517 g/mol. The first kappa shape index (κ1) is 21.6. The predicted molar refractivity (Wildman–Crippen MR) is 108 cm³/mol. The number of carbonyl (C=O) groups is 2. The van der Waals surface area contributed by atoms with E-state index in [0.29, 0.717) is 14.5 Å². The second-order valence-electron chi connectivity index (χ2n) is 5.63. The Hall–Kier alpha value is -1.71. The summed E-state index contributed by atoms with van der Waals surface area (Å²) in [5.74, 6) is -1.52. The van der Waals surface area contributed by atoms with E-state index in [1.54, 1.807) is 36.4 Å². The SMILES string of the molecule is COC(=O)[C@H](CCS(=O)(=O)c1ccccc1)NC(=O)c1cc(Br)cc(Br)c1. The lowest BCUT2D eigenvalue weighted by atomic mass is 10.1. The maximum Gasteiger partial charge on any atom is 0.328 e. The number of ether oxygens (including phenoxy) is 1. The van der Waals surface area contributed by atoms with Crippen molar-refractivity contribution in [2.45, 2.75) is 17.4 Å². The lowest BCUT2D eigenvalue weighted by Crippen LogP contribution is -2.42. The molecule has 0 fully saturated rings. The molecule has 0 aliphatic rings. The lowest BCUT2D eigenvalue weighted by molar-refractivity contribution is -0.142. The van der Waals surface area contributed by atoms with Gasteiger partial charge < -0.3 is 10.1 Å². The zero-order valence-electron chi connectivity index (χ0n) is 14.3. The van der Waals surface area contributed by atoms with Gasteiger partial charge in [0.05, 0.1) is 17.8 Å². The Morgan fingerprint density at radius 3 is 2.22 bits per heavy atom. The van der Waals surface area contributed by atoms with Crippen LogP contribution in [0, 0.1) is 0 Å². The van der Waals surface area contributed by atoms with Crippen LogP contribution in [0.3, 0.4) is 0 Å². The van der Waals surface area contributed by atoms with Crippen LogP contribution in [-0.2, 0) is 19.4 Å². The summed E-state index contributed by atoms with van der Waals surface area (Å²) < 4.78 is 30.9. The predicted octanol–water partition coefficient (Wildman–Crippen LogP) is 3.35. The first-order valence-electron chi connectivity index (χ1n) is 7.85. The summed E-state index contributed by atoms with van der Waals surface area (Å²) >= 11 is 6.58. The first-order chi connectivity index (χ1) is 12.7. The number of sulfone groups is 1. The van der Waals surface area contributed by atoms with E-state index in [4.69, 9.17) is 4.74 Å². The summed E-state index contributed by atoms with van der Waals surface area (Å²) in [7, 11) is -2.40. The average molecular weight is 519 g/mol. The number of hydrogen-bond donors (Lipinski definition) is 1. The van der Waals surface area contributed by atoms with Gasteiger partial charge in [0.1, 0.15) is 6.04 Å². The molecule has 0 radical (unpaired) electrons. The van der Waals surface area contributed by atoms with Gasteiger partial charge in [-0.1, -0.05) is 50.1 Å². The Kier molecular flexibility index (Phi) is 7.58. The number of amides is 1. The van der Waals surface area contributed by atoms with Gasteiger partial charge in [-0.2, -0.15) is 0 Å². The van der Waals surface area contributed by atoms with Crippen LogP contribution in [0.1, 0.15) is 16.8 Å². The topological polar surface area (TPSA) is 89.5 Å². The van der Waals surface area contributed by atoms with Crippen LogP contribution in [0.15, 0.2) is 62.4 Å². The quantitative estimate of drug-likeness (QED) is 0.568. The highest BCUT2D eigenvalue weighted by Crippen LogP contribution is 2.20. The van der Waals surface area contributed by atoms with Crippen molar-refractivity contribution < 1.29 is 22.7 Å². The number of halogens is 2. The first-order valence-corrected chi connectivity index (χ1v) is 11.1. The molecule has 27 heavy (non-hydrogen) atoms. The van der Waals surface area contributed by atoms with E-state index in [-0.39, 0.29) is 17.1 Å². The molecule has 0 saturated heterocycles. The molecule has 0 aliphatic carbocycles. The van der Waals surface area contributed by atoms with Crippen LogP contribution in [0.4, 0.5) is 0 Å². The van der Waals surface area contributed by atoms with Crippen molar-refractivity contribution in [3.63, 3.8) is 0 Å².